The second kappa shape index (κ2) is 5.72. The van der Waals surface area contributed by atoms with E-state index >= 15 is 0 Å². The number of carboxylic acids is 1. The Balaban J connectivity index is 0.00000121. The fraction of sp³-hybridized carbons (Fsp3) is 0.125. The summed E-state index contributed by atoms with van der Waals surface area (Å²) < 4.78 is 4.86. The first-order valence-corrected chi connectivity index (χ1v) is 3.11. The molecule has 0 amide bonds. The molecule has 0 unspecified atom stereocenters. The van der Waals surface area contributed by atoms with Crippen LogP contribution in [-0.2, 0) is 0 Å². The van der Waals surface area contributed by atoms with Crippen molar-refractivity contribution in [3.63, 3.8) is 0 Å². The van der Waals surface area contributed by atoms with Crippen LogP contribution in [0.5, 0.6) is 5.75 Å². The van der Waals surface area contributed by atoms with Crippen molar-refractivity contribution in [3.8, 4) is 5.75 Å². The summed E-state index contributed by atoms with van der Waals surface area (Å²) in [7, 11) is 1.54. The molecular formula is C8H9KO3. The molecule has 0 aliphatic rings. The van der Waals surface area contributed by atoms with Crippen LogP contribution in [0.2, 0.25) is 0 Å². The minimum atomic E-state index is -0.923. The van der Waals surface area contributed by atoms with Crippen LogP contribution in [0.15, 0.2) is 24.3 Å². The molecule has 0 saturated heterocycles. The van der Waals surface area contributed by atoms with Crippen LogP contribution in [-0.4, -0.2) is 69.6 Å². The van der Waals surface area contributed by atoms with E-state index in [4.69, 9.17) is 9.84 Å². The molecule has 60 valence electrons. The van der Waals surface area contributed by atoms with Gasteiger partial charge in [0, 0.05) is 0 Å². The first kappa shape index (κ1) is 12.1. The van der Waals surface area contributed by atoms with Gasteiger partial charge in [0.1, 0.15) is 5.75 Å². The number of hydrogen-bond donors (Lipinski definition) is 1. The van der Waals surface area contributed by atoms with Gasteiger partial charge in [-0.15, -0.1) is 0 Å². The summed E-state index contributed by atoms with van der Waals surface area (Å²) in [6.45, 7) is 0. The number of aromatic carboxylic acids is 1. The van der Waals surface area contributed by atoms with E-state index in [2.05, 4.69) is 0 Å². The van der Waals surface area contributed by atoms with Gasteiger partial charge in [-0.1, -0.05) is 0 Å². The predicted octanol–water partition coefficient (Wildman–Crippen LogP) is 0.745. The van der Waals surface area contributed by atoms with Gasteiger partial charge >= 0.3 is 57.4 Å². The second-order valence-electron chi connectivity index (χ2n) is 2.03. The standard InChI is InChI=1S/C8H8O3.K.H/c1-11-7-4-2-6(3-5-7)8(9)10;;/h2-5H,1H3,(H,9,10);;. The fourth-order valence-corrected chi connectivity index (χ4v) is 0.734. The third-order valence-electron chi connectivity index (χ3n) is 1.34. The van der Waals surface area contributed by atoms with Gasteiger partial charge in [0.05, 0.1) is 12.7 Å². The molecule has 0 bridgehead atoms. The summed E-state index contributed by atoms with van der Waals surface area (Å²) >= 11 is 0. The quantitative estimate of drug-likeness (QED) is 0.703. The van der Waals surface area contributed by atoms with Crippen molar-refractivity contribution in [1.82, 2.24) is 0 Å². The van der Waals surface area contributed by atoms with Crippen LogP contribution in [0, 0.1) is 0 Å². The van der Waals surface area contributed by atoms with Crippen molar-refractivity contribution >= 4 is 57.4 Å². The summed E-state index contributed by atoms with van der Waals surface area (Å²) in [5, 5.41) is 8.51. The fourth-order valence-electron chi connectivity index (χ4n) is 0.734. The number of benzene rings is 1. The normalized spacial score (nSPS) is 8.42. The van der Waals surface area contributed by atoms with E-state index in [1.54, 1.807) is 12.1 Å². The molecule has 0 fully saturated rings. The van der Waals surface area contributed by atoms with E-state index < -0.39 is 5.97 Å². The Hall–Kier alpha value is 0.126. The number of carbonyl (C=O) groups is 1. The van der Waals surface area contributed by atoms with E-state index in [1.807, 2.05) is 0 Å². The molecule has 3 nitrogen and oxygen atoms in total. The molecule has 0 atom stereocenters. The van der Waals surface area contributed by atoms with Crippen LogP contribution in [0.4, 0.5) is 0 Å². The zero-order valence-corrected chi connectivity index (χ0v) is 6.07. The van der Waals surface area contributed by atoms with Crippen molar-refractivity contribution in [2.45, 2.75) is 0 Å². The van der Waals surface area contributed by atoms with E-state index in [0.717, 1.165) is 0 Å². The number of rotatable bonds is 2. The van der Waals surface area contributed by atoms with Gasteiger partial charge in [-0.3, -0.25) is 0 Å². The summed E-state index contributed by atoms with van der Waals surface area (Å²) in [5.41, 5.74) is 0.269. The van der Waals surface area contributed by atoms with E-state index in [1.165, 1.54) is 19.2 Å². The third-order valence-corrected chi connectivity index (χ3v) is 1.34. The van der Waals surface area contributed by atoms with Crippen molar-refractivity contribution in [1.29, 1.82) is 0 Å². The Labute approximate surface area is 113 Å². The average molecular weight is 192 g/mol. The Bertz CT molecular complexity index is 256. The van der Waals surface area contributed by atoms with Gasteiger partial charge < -0.3 is 9.84 Å². The van der Waals surface area contributed by atoms with Gasteiger partial charge in [-0.05, 0) is 24.3 Å². The SMILES string of the molecule is COc1ccc(C(=O)O)cc1.[KH]. The van der Waals surface area contributed by atoms with Gasteiger partial charge in [-0.25, -0.2) is 4.79 Å². The number of hydrogen-bond acceptors (Lipinski definition) is 2. The first-order chi connectivity index (χ1) is 5.24. The van der Waals surface area contributed by atoms with Crippen molar-refractivity contribution in [2.75, 3.05) is 7.11 Å². The monoisotopic (exact) mass is 192 g/mol. The van der Waals surface area contributed by atoms with E-state index in [0.29, 0.717) is 5.75 Å². The maximum absolute atomic E-state index is 10.4. The minimum absolute atomic E-state index is 0. The molecular weight excluding hydrogens is 183 g/mol. The third kappa shape index (κ3) is 3.24. The van der Waals surface area contributed by atoms with Gasteiger partial charge in [0.25, 0.3) is 0 Å². The van der Waals surface area contributed by atoms with Crippen molar-refractivity contribution in [3.05, 3.63) is 29.8 Å². The summed E-state index contributed by atoms with van der Waals surface area (Å²) in [6, 6.07) is 6.23. The topological polar surface area (TPSA) is 46.5 Å². The van der Waals surface area contributed by atoms with Crippen LogP contribution < -0.4 is 4.74 Å². The molecule has 0 aliphatic carbocycles. The molecule has 1 aromatic carbocycles. The maximum atomic E-state index is 10.4. The van der Waals surface area contributed by atoms with Crippen LogP contribution >= 0.6 is 0 Å². The molecule has 0 aliphatic heterocycles. The number of ether oxygens (including phenoxy) is 1. The Morgan fingerprint density at radius 1 is 1.33 bits per heavy atom. The zero-order chi connectivity index (χ0) is 8.27. The number of methoxy groups -OCH3 is 1. The molecule has 1 aromatic rings. The number of carboxylic acid groups (broad SMARTS) is 1. The van der Waals surface area contributed by atoms with Crippen LogP contribution in [0.3, 0.4) is 0 Å². The predicted molar refractivity (Wildman–Crippen MR) is 47.1 cm³/mol. The molecule has 1 rings (SSSR count). The second-order valence-corrected chi connectivity index (χ2v) is 2.03. The van der Waals surface area contributed by atoms with Gasteiger partial charge in [-0.2, -0.15) is 0 Å². The van der Waals surface area contributed by atoms with Crippen LogP contribution in [0.1, 0.15) is 10.4 Å². The molecule has 0 aromatic heterocycles. The Morgan fingerprint density at radius 2 is 1.83 bits per heavy atom. The Morgan fingerprint density at radius 3 is 2.17 bits per heavy atom. The van der Waals surface area contributed by atoms with E-state index in [-0.39, 0.29) is 56.9 Å². The molecule has 1 N–H and O–H groups in total. The molecule has 12 heavy (non-hydrogen) atoms. The first-order valence-electron chi connectivity index (χ1n) is 3.11. The molecule has 4 heteroatoms. The van der Waals surface area contributed by atoms with Crippen LogP contribution in [0.25, 0.3) is 0 Å². The summed E-state index contributed by atoms with van der Waals surface area (Å²) in [6.07, 6.45) is 0. The summed E-state index contributed by atoms with van der Waals surface area (Å²) in [4.78, 5) is 10.4. The molecule has 0 spiro atoms. The van der Waals surface area contributed by atoms with Gasteiger partial charge in [0.15, 0.2) is 0 Å². The average Bonchev–Trinajstić information content (AvgIpc) is 2.05. The zero-order valence-electron chi connectivity index (χ0n) is 6.07. The van der Waals surface area contributed by atoms with Crippen molar-refractivity contribution < 1.29 is 14.6 Å². The summed E-state index contributed by atoms with van der Waals surface area (Å²) in [5.74, 6) is -0.261. The Kier molecular flexibility index (Phi) is 5.78. The molecule has 0 heterocycles. The van der Waals surface area contributed by atoms with Gasteiger partial charge in [0.2, 0.25) is 0 Å². The van der Waals surface area contributed by atoms with Crippen molar-refractivity contribution in [2.24, 2.45) is 0 Å². The van der Waals surface area contributed by atoms with E-state index in [9.17, 15) is 4.79 Å². The molecule has 0 radical (unpaired) electrons. The molecule has 0 saturated carbocycles.